The van der Waals surface area contributed by atoms with Crippen LogP contribution < -0.4 is 0 Å². The van der Waals surface area contributed by atoms with Gasteiger partial charge in [0.05, 0.1) is 22.4 Å². The minimum atomic E-state index is 0.720. The van der Waals surface area contributed by atoms with Gasteiger partial charge in [-0.3, -0.25) is 0 Å². The summed E-state index contributed by atoms with van der Waals surface area (Å²) in [5.74, 6) is 0.720. The lowest BCUT2D eigenvalue weighted by Crippen LogP contribution is -1.96. The Balaban J connectivity index is 1.49. The van der Waals surface area contributed by atoms with E-state index in [1.807, 2.05) is 42.5 Å². The van der Waals surface area contributed by atoms with E-state index >= 15 is 0 Å². The molecular formula is C33H21N3. The molecule has 7 rings (SSSR count). The average molecular weight is 460 g/mol. The highest BCUT2D eigenvalue weighted by atomic mass is 14.9. The lowest BCUT2D eigenvalue weighted by Gasteiger charge is -2.12. The lowest BCUT2D eigenvalue weighted by atomic mass is 9.97. The van der Waals surface area contributed by atoms with Crippen LogP contribution >= 0.6 is 0 Å². The fourth-order valence-electron chi connectivity index (χ4n) is 4.90. The van der Waals surface area contributed by atoms with E-state index in [9.17, 15) is 0 Å². The molecule has 0 aliphatic heterocycles. The van der Waals surface area contributed by atoms with Crippen LogP contribution in [0.4, 0.5) is 0 Å². The van der Waals surface area contributed by atoms with Crippen molar-refractivity contribution in [2.75, 3.05) is 0 Å². The van der Waals surface area contributed by atoms with Gasteiger partial charge in [0.1, 0.15) is 0 Å². The molecule has 168 valence electrons. The molecular weight excluding hydrogens is 438 g/mol. The van der Waals surface area contributed by atoms with Crippen molar-refractivity contribution in [3.63, 3.8) is 0 Å². The van der Waals surface area contributed by atoms with Gasteiger partial charge >= 0.3 is 0 Å². The third kappa shape index (κ3) is 3.50. The smallest absolute Gasteiger partial charge is 0.160 e. The first kappa shape index (κ1) is 20.5. The summed E-state index contributed by atoms with van der Waals surface area (Å²) in [5, 5.41) is 4.61. The van der Waals surface area contributed by atoms with Gasteiger partial charge in [-0.2, -0.15) is 0 Å². The van der Waals surface area contributed by atoms with E-state index in [2.05, 4.69) is 84.9 Å². The molecule has 0 saturated heterocycles. The zero-order valence-electron chi connectivity index (χ0n) is 19.5. The van der Waals surface area contributed by atoms with Crippen LogP contribution in [-0.2, 0) is 0 Å². The molecule has 2 aromatic heterocycles. The molecule has 3 nitrogen and oxygen atoms in total. The first-order valence-electron chi connectivity index (χ1n) is 12.0. The summed E-state index contributed by atoms with van der Waals surface area (Å²) in [7, 11) is 0. The topological polar surface area (TPSA) is 38.7 Å². The van der Waals surface area contributed by atoms with Crippen LogP contribution in [0.25, 0.3) is 66.5 Å². The van der Waals surface area contributed by atoms with Crippen molar-refractivity contribution in [2.45, 2.75) is 0 Å². The Morgan fingerprint density at radius 2 is 1.11 bits per heavy atom. The fourth-order valence-corrected chi connectivity index (χ4v) is 4.90. The Hall–Kier alpha value is -4.89. The molecule has 36 heavy (non-hydrogen) atoms. The molecule has 3 heteroatoms. The molecule has 0 fully saturated rings. The van der Waals surface area contributed by atoms with Gasteiger partial charge in [0, 0.05) is 27.5 Å². The molecule has 0 aliphatic carbocycles. The van der Waals surface area contributed by atoms with Crippen molar-refractivity contribution in [1.82, 2.24) is 15.0 Å². The van der Waals surface area contributed by atoms with Gasteiger partial charge in [0.25, 0.3) is 0 Å². The molecule has 0 unspecified atom stereocenters. The van der Waals surface area contributed by atoms with E-state index in [4.69, 9.17) is 15.0 Å². The Labute approximate surface area is 208 Å². The van der Waals surface area contributed by atoms with Gasteiger partial charge in [-0.1, -0.05) is 103 Å². The highest BCUT2D eigenvalue weighted by Gasteiger charge is 2.14. The number of hydrogen-bond acceptors (Lipinski definition) is 3. The van der Waals surface area contributed by atoms with E-state index in [0.29, 0.717) is 0 Å². The highest BCUT2D eigenvalue weighted by molar-refractivity contribution is 6.13. The standard InChI is InChI=1S/C33H21N3/c1-3-10-22(11-4-1)31-21-32(36-33(35-31)23-12-5-2-6-13-23)27-16-9-15-25-26(27)18-19-30-28(25)20-24-14-7-8-17-29(24)34-30/h1-21H. The van der Waals surface area contributed by atoms with Crippen molar-refractivity contribution in [3.8, 4) is 33.9 Å². The van der Waals surface area contributed by atoms with E-state index in [-0.39, 0.29) is 0 Å². The molecule has 0 saturated carbocycles. The van der Waals surface area contributed by atoms with Crippen LogP contribution in [0.2, 0.25) is 0 Å². The zero-order chi connectivity index (χ0) is 23.9. The number of hydrogen-bond donors (Lipinski definition) is 0. The van der Waals surface area contributed by atoms with Crippen LogP contribution in [0.1, 0.15) is 0 Å². The van der Waals surface area contributed by atoms with Crippen LogP contribution in [-0.4, -0.2) is 15.0 Å². The molecule has 0 N–H and O–H groups in total. The maximum Gasteiger partial charge on any atom is 0.160 e. The van der Waals surface area contributed by atoms with Gasteiger partial charge in [-0.05, 0) is 35.0 Å². The first-order valence-corrected chi connectivity index (χ1v) is 12.0. The van der Waals surface area contributed by atoms with E-state index < -0.39 is 0 Å². The zero-order valence-corrected chi connectivity index (χ0v) is 19.5. The molecule has 0 aliphatic rings. The highest BCUT2D eigenvalue weighted by Crippen LogP contribution is 2.35. The number of para-hydroxylation sites is 1. The van der Waals surface area contributed by atoms with Crippen LogP contribution in [0.3, 0.4) is 0 Å². The van der Waals surface area contributed by atoms with Crippen molar-refractivity contribution < 1.29 is 0 Å². The number of rotatable bonds is 3. The number of aromatic nitrogens is 3. The second-order valence-electron chi connectivity index (χ2n) is 8.91. The molecule has 0 spiro atoms. The SMILES string of the molecule is c1ccc(-c2cc(-c3cccc4c3ccc3nc5ccccc5cc34)nc(-c3ccccc3)n2)cc1. The molecule has 7 aromatic rings. The van der Waals surface area contributed by atoms with Gasteiger partial charge < -0.3 is 0 Å². The molecule has 0 atom stereocenters. The van der Waals surface area contributed by atoms with Crippen molar-refractivity contribution in [1.29, 1.82) is 0 Å². The lowest BCUT2D eigenvalue weighted by molar-refractivity contribution is 1.18. The largest absolute Gasteiger partial charge is 0.248 e. The summed E-state index contributed by atoms with van der Waals surface area (Å²) in [6.07, 6.45) is 0. The van der Waals surface area contributed by atoms with Gasteiger partial charge in [-0.15, -0.1) is 0 Å². The third-order valence-electron chi connectivity index (χ3n) is 6.66. The number of fused-ring (bicyclic) bond motifs is 4. The summed E-state index contributed by atoms with van der Waals surface area (Å²) < 4.78 is 0. The van der Waals surface area contributed by atoms with E-state index in [0.717, 1.165) is 61.1 Å². The van der Waals surface area contributed by atoms with Crippen molar-refractivity contribution >= 4 is 32.6 Å². The predicted molar refractivity (Wildman–Crippen MR) is 149 cm³/mol. The number of benzene rings is 5. The molecule has 0 amide bonds. The molecule has 5 aromatic carbocycles. The Kier molecular flexibility index (Phi) is 4.78. The van der Waals surface area contributed by atoms with Crippen molar-refractivity contribution in [2.24, 2.45) is 0 Å². The fraction of sp³-hybridized carbons (Fsp3) is 0. The summed E-state index contributed by atoms with van der Waals surface area (Å²) in [4.78, 5) is 14.9. The molecule has 0 bridgehead atoms. The number of pyridine rings is 1. The Bertz CT molecular complexity index is 1820. The quantitative estimate of drug-likeness (QED) is 0.197. The summed E-state index contributed by atoms with van der Waals surface area (Å²) >= 11 is 0. The minimum absolute atomic E-state index is 0.720. The first-order chi connectivity index (χ1) is 17.8. The van der Waals surface area contributed by atoms with Gasteiger partial charge in [0.2, 0.25) is 0 Å². The van der Waals surface area contributed by atoms with Crippen LogP contribution in [0, 0.1) is 0 Å². The van der Waals surface area contributed by atoms with Crippen molar-refractivity contribution in [3.05, 3.63) is 127 Å². The van der Waals surface area contributed by atoms with Crippen LogP contribution in [0.15, 0.2) is 127 Å². The monoisotopic (exact) mass is 459 g/mol. The van der Waals surface area contributed by atoms with Crippen LogP contribution in [0.5, 0.6) is 0 Å². The van der Waals surface area contributed by atoms with Gasteiger partial charge in [0.15, 0.2) is 5.82 Å². The second-order valence-corrected chi connectivity index (χ2v) is 8.91. The van der Waals surface area contributed by atoms with E-state index in [1.165, 1.54) is 5.39 Å². The maximum absolute atomic E-state index is 5.05. The second kappa shape index (κ2) is 8.40. The Morgan fingerprint density at radius 1 is 0.389 bits per heavy atom. The maximum atomic E-state index is 5.05. The third-order valence-corrected chi connectivity index (χ3v) is 6.66. The van der Waals surface area contributed by atoms with Gasteiger partial charge in [-0.25, -0.2) is 15.0 Å². The normalized spacial score (nSPS) is 11.3. The predicted octanol–water partition coefficient (Wildman–Crippen LogP) is 8.33. The number of nitrogens with zero attached hydrogens (tertiary/aromatic N) is 3. The molecule has 2 heterocycles. The van der Waals surface area contributed by atoms with E-state index in [1.54, 1.807) is 0 Å². The average Bonchev–Trinajstić information content (AvgIpc) is 2.96. The molecule has 0 radical (unpaired) electrons. The minimum Gasteiger partial charge on any atom is -0.248 e. The summed E-state index contributed by atoms with van der Waals surface area (Å²) in [6, 6.07) is 43.8. The summed E-state index contributed by atoms with van der Waals surface area (Å²) in [6.45, 7) is 0. The summed E-state index contributed by atoms with van der Waals surface area (Å²) in [5.41, 5.74) is 6.97. The Morgan fingerprint density at radius 3 is 1.94 bits per heavy atom.